The van der Waals surface area contributed by atoms with E-state index in [4.69, 9.17) is 15.3 Å². The summed E-state index contributed by atoms with van der Waals surface area (Å²) in [6.07, 6.45) is -2.37. The Morgan fingerprint density at radius 3 is 2.18 bits per heavy atom. The molecule has 0 amide bonds. The second-order valence-electron chi connectivity index (χ2n) is 2.95. The van der Waals surface area contributed by atoms with Gasteiger partial charge in [-0.2, -0.15) is 0 Å². The van der Waals surface area contributed by atoms with Crippen LogP contribution in [-0.2, 0) is 0 Å². The molecule has 0 aromatic rings. The van der Waals surface area contributed by atoms with Gasteiger partial charge in [-0.05, 0) is 6.92 Å². The van der Waals surface area contributed by atoms with Crippen molar-refractivity contribution in [2.24, 2.45) is 0 Å². The Bertz CT molecular complexity index is 154. The lowest BCUT2D eigenvalue weighted by Gasteiger charge is -2.24. The fourth-order valence-electron chi connectivity index (χ4n) is 1.26. The molecule has 1 aliphatic rings. The molecule has 5 nitrogen and oxygen atoms in total. The van der Waals surface area contributed by atoms with Crippen molar-refractivity contribution < 1.29 is 20.4 Å². The van der Waals surface area contributed by atoms with E-state index in [9.17, 15) is 5.11 Å². The Hall–Kier alpha value is -0.200. The molecule has 1 saturated heterocycles. The first-order valence-corrected chi connectivity index (χ1v) is 3.48. The average Bonchev–Trinajstić information content (AvgIpc) is 2.17. The van der Waals surface area contributed by atoms with Crippen LogP contribution >= 0.6 is 0 Å². The van der Waals surface area contributed by atoms with E-state index in [1.807, 2.05) is 0 Å². The van der Waals surface area contributed by atoms with Crippen LogP contribution in [-0.4, -0.2) is 51.0 Å². The smallest absolute Gasteiger partial charge is 0.168 e. The van der Waals surface area contributed by atoms with Crippen LogP contribution in [0.5, 0.6) is 0 Å². The average molecular weight is 163 g/mol. The second kappa shape index (κ2) is 2.69. The highest BCUT2D eigenvalue weighted by molar-refractivity contribution is 5.00. The van der Waals surface area contributed by atoms with Crippen LogP contribution in [0, 0.1) is 0 Å². The second-order valence-corrected chi connectivity index (χ2v) is 2.95. The van der Waals surface area contributed by atoms with Crippen molar-refractivity contribution in [1.29, 1.82) is 0 Å². The van der Waals surface area contributed by atoms with Gasteiger partial charge in [-0.1, -0.05) is 0 Å². The molecule has 5 heteroatoms. The first-order chi connectivity index (χ1) is 5.01. The molecule has 0 unspecified atom stereocenters. The normalized spacial score (nSPS) is 51.5. The molecule has 0 spiro atoms. The number of rotatable bonds is 1. The van der Waals surface area contributed by atoms with Gasteiger partial charge in [-0.3, -0.25) is 5.32 Å². The van der Waals surface area contributed by atoms with Gasteiger partial charge in [0, 0.05) is 6.04 Å². The molecule has 1 fully saturated rings. The van der Waals surface area contributed by atoms with Crippen molar-refractivity contribution >= 4 is 0 Å². The largest absolute Gasteiger partial charge is 0.392 e. The van der Waals surface area contributed by atoms with Gasteiger partial charge in [-0.15, -0.1) is 0 Å². The molecular weight excluding hydrogens is 150 g/mol. The van der Waals surface area contributed by atoms with Gasteiger partial charge >= 0.3 is 0 Å². The van der Waals surface area contributed by atoms with Crippen LogP contribution in [0.15, 0.2) is 0 Å². The molecule has 0 saturated carbocycles. The first kappa shape index (κ1) is 8.89. The molecule has 1 rings (SSSR count). The third-order valence-electron chi connectivity index (χ3n) is 2.04. The van der Waals surface area contributed by atoms with E-state index >= 15 is 0 Å². The minimum absolute atomic E-state index is 0.415. The van der Waals surface area contributed by atoms with Gasteiger partial charge in [0.25, 0.3) is 0 Å². The Kier molecular flexibility index (Phi) is 2.17. The maximum atomic E-state index is 9.34. The summed E-state index contributed by atoms with van der Waals surface area (Å²) < 4.78 is 0. The van der Waals surface area contributed by atoms with Gasteiger partial charge in [0.05, 0.1) is 12.7 Å². The lowest BCUT2D eigenvalue weighted by Crippen LogP contribution is -2.52. The standard InChI is InChI=1S/C6H13NO4/c1-3-4(9)5(10)6(11,2-8)7-3/h3-5,7-11H,2H2,1H3/t3-,4-,5+,6-/m1/s1. The highest BCUT2D eigenvalue weighted by atomic mass is 16.4. The number of hydrogen-bond acceptors (Lipinski definition) is 5. The fraction of sp³-hybridized carbons (Fsp3) is 1.00. The fourth-order valence-corrected chi connectivity index (χ4v) is 1.26. The minimum Gasteiger partial charge on any atom is -0.392 e. The van der Waals surface area contributed by atoms with E-state index in [1.165, 1.54) is 0 Å². The summed E-state index contributed by atoms with van der Waals surface area (Å²) in [5.74, 6) is 0. The van der Waals surface area contributed by atoms with Crippen molar-refractivity contribution in [2.75, 3.05) is 6.61 Å². The van der Waals surface area contributed by atoms with E-state index in [0.717, 1.165) is 0 Å². The molecule has 1 heterocycles. The third kappa shape index (κ3) is 1.25. The molecule has 4 atom stereocenters. The number of aliphatic hydroxyl groups is 4. The molecule has 0 aromatic carbocycles. The number of aliphatic hydroxyl groups excluding tert-OH is 3. The molecule has 11 heavy (non-hydrogen) atoms. The Morgan fingerprint density at radius 1 is 1.45 bits per heavy atom. The van der Waals surface area contributed by atoms with Crippen LogP contribution in [0.4, 0.5) is 0 Å². The van der Waals surface area contributed by atoms with E-state index in [-0.39, 0.29) is 0 Å². The zero-order valence-corrected chi connectivity index (χ0v) is 6.23. The van der Waals surface area contributed by atoms with E-state index < -0.39 is 30.6 Å². The number of hydrogen-bond donors (Lipinski definition) is 5. The van der Waals surface area contributed by atoms with Crippen LogP contribution in [0.3, 0.4) is 0 Å². The molecular formula is C6H13NO4. The van der Waals surface area contributed by atoms with Gasteiger partial charge in [0.1, 0.15) is 6.10 Å². The van der Waals surface area contributed by atoms with Crippen molar-refractivity contribution in [3.8, 4) is 0 Å². The Morgan fingerprint density at radius 2 is 2.00 bits per heavy atom. The summed E-state index contributed by atoms with van der Waals surface area (Å²) in [4.78, 5) is 0. The maximum Gasteiger partial charge on any atom is 0.168 e. The van der Waals surface area contributed by atoms with Crippen molar-refractivity contribution in [3.63, 3.8) is 0 Å². The molecule has 0 radical (unpaired) electrons. The van der Waals surface area contributed by atoms with E-state index in [0.29, 0.717) is 0 Å². The van der Waals surface area contributed by atoms with Gasteiger partial charge < -0.3 is 20.4 Å². The quantitative estimate of drug-likeness (QED) is 0.292. The summed E-state index contributed by atoms with van der Waals surface area (Å²) >= 11 is 0. The van der Waals surface area contributed by atoms with Gasteiger partial charge in [0.2, 0.25) is 0 Å². The summed E-state index contributed by atoms with van der Waals surface area (Å²) in [5, 5.41) is 38.8. The summed E-state index contributed by atoms with van der Waals surface area (Å²) in [6, 6.07) is -0.415. The Balaban J connectivity index is 2.73. The topological polar surface area (TPSA) is 93.0 Å². The van der Waals surface area contributed by atoms with Gasteiger partial charge in [0.15, 0.2) is 5.72 Å². The van der Waals surface area contributed by atoms with Crippen LogP contribution in [0.1, 0.15) is 6.92 Å². The predicted octanol–water partition coefficient (Wildman–Crippen LogP) is -2.62. The molecule has 0 aliphatic carbocycles. The summed E-state index contributed by atoms with van der Waals surface area (Å²) in [6.45, 7) is 0.997. The van der Waals surface area contributed by atoms with Crippen LogP contribution in [0.25, 0.3) is 0 Å². The highest BCUT2D eigenvalue weighted by Crippen LogP contribution is 2.21. The third-order valence-corrected chi connectivity index (χ3v) is 2.04. The van der Waals surface area contributed by atoms with Gasteiger partial charge in [-0.25, -0.2) is 0 Å². The Labute approximate surface area is 64.3 Å². The van der Waals surface area contributed by atoms with Crippen molar-refractivity contribution in [1.82, 2.24) is 5.32 Å². The predicted molar refractivity (Wildman–Crippen MR) is 36.6 cm³/mol. The van der Waals surface area contributed by atoms with Crippen LogP contribution < -0.4 is 5.32 Å². The lowest BCUT2D eigenvalue weighted by molar-refractivity contribution is -0.121. The molecule has 0 bridgehead atoms. The van der Waals surface area contributed by atoms with E-state index in [2.05, 4.69) is 5.32 Å². The zero-order chi connectivity index (χ0) is 8.65. The summed E-state index contributed by atoms with van der Waals surface area (Å²) in [7, 11) is 0. The monoisotopic (exact) mass is 163 g/mol. The first-order valence-electron chi connectivity index (χ1n) is 3.48. The van der Waals surface area contributed by atoms with Crippen LogP contribution in [0.2, 0.25) is 0 Å². The highest BCUT2D eigenvalue weighted by Gasteiger charge is 2.49. The molecule has 1 aliphatic heterocycles. The molecule has 0 aromatic heterocycles. The minimum atomic E-state index is -1.75. The zero-order valence-electron chi connectivity index (χ0n) is 6.23. The van der Waals surface area contributed by atoms with Crippen molar-refractivity contribution in [3.05, 3.63) is 0 Å². The SMILES string of the molecule is C[C@H]1N[C@@](O)(CO)[C@@H](O)[C@@H]1O. The van der Waals surface area contributed by atoms with E-state index in [1.54, 1.807) is 6.92 Å². The summed E-state index contributed by atoms with van der Waals surface area (Å²) in [5.41, 5.74) is -1.75. The molecule has 5 N–H and O–H groups in total. The lowest BCUT2D eigenvalue weighted by atomic mass is 10.1. The number of nitrogens with one attached hydrogen (secondary N) is 1. The maximum absolute atomic E-state index is 9.34. The molecule has 66 valence electrons. The van der Waals surface area contributed by atoms with Crippen molar-refractivity contribution in [2.45, 2.75) is 30.9 Å².